The van der Waals surface area contributed by atoms with Crippen molar-refractivity contribution in [2.24, 2.45) is 0 Å². The van der Waals surface area contributed by atoms with Crippen molar-refractivity contribution in [1.29, 1.82) is 5.26 Å². The third-order valence-corrected chi connectivity index (χ3v) is 7.22. The molecule has 1 aliphatic heterocycles. The van der Waals surface area contributed by atoms with E-state index in [0.29, 0.717) is 35.8 Å². The molecule has 13 heteroatoms. The second-order valence-electron chi connectivity index (χ2n) is 11.1. The fraction of sp³-hybridized carbons (Fsp3) is 0.393. The molecule has 0 unspecified atom stereocenters. The number of ether oxygens (including phenoxy) is 1. The van der Waals surface area contributed by atoms with Crippen LogP contribution in [0.15, 0.2) is 36.7 Å². The van der Waals surface area contributed by atoms with Gasteiger partial charge in [-0.3, -0.25) is 9.78 Å². The number of anilines is 1. The monoisotopic (exact) mass is 573 g/mol. The zero-order valence-electron chi connectivity index (χ0n) is 23.5. The van der Waals surface area contributed by atoms with Crippen LogP contribution in [0.2, 0.25) is 0 Å². The molecule has 5 heterocycles. The van der Waals surface area contributed by atoms with Crippen molar-refractivity contribution in [1.82, 2.24) is 35.0 Å². The van der Waals surface area contributed by atoms with Crippen molar-refractivity contribution < 1.29 is 14.3 Å². The molecule has 0 aliphatic carbocycles. The maximum Gasteiger partial charge on any atom is 0.407 e. The van der Waals surface area contributed by atoms with Gasteiger partial charge in [-0.25, -0.2) is 9.31 Å². The SMILES string of the molecule is CC(C)Nc1cc(-c2ccc3cc(C#N)cnn23)ncc1-c1nnc(C(=O)N2CC[C@@H](NC(=O)OC(C)(C)C)C2)s1. The van der Waals surface area contributed by atoms with E-state index in [1.54, 1.807) is 42.4 Å². The number of nitrogens with zero attached hydrogens (tertiary/aromatic N) is 7. The fourth-order valence-corrected chi connectivity index (χ4v) is 5.38. The van der Waals surface area contributed by atoms with E-state index in [1.165, 1.54) is 17.5 Å². The zero-order chi connectivity index (χ0) is 29.3. The minimum atomic E-state index is -0.591. The normalized spacial score (nSPS) is 15.2. The largest absolute Gasteiger partial charge is 0.444 e. The molecule has 2 N–H and O–H groups in total. The van der Waals surface area contributed by atoms with Crippen LogP contribution < -0.4 is 10.6 Å². The summed E-state index contributed by atoms with van der Waals surface area (Å²) in [5.41, 5.74) is 3.68. The number of amides is 2. The van der Waals surface area contributed by atoms with E-state index >= 15 is 0 Å². The molecule has 41 heavy (non-hydrogen) atoms. The number of nitriles is 1. The van der Waals surface area contributed by atoms with E-state index in [-0.39, 0.29) is 23.0 Å². The Morgan fingerprint density at radius 2 is 2.00 bits per heavy atom. The first kappa shape index (κ1) is 28.0. The van der Waals surface area contributed by atoms with E-state index in [2.05, 4.69) is 37.0 Å². The summed E-state index contributed by atoms with van der Waals surface area (Å²) in [4.78, 5) is 31.7. The van der Waals surface area contributed by atoms with E-state index in [9.17, 15) is 14.9 Å². The first-order valence-corrected chi connectivity index (χ1v) is 14.1. The second-order valence-corrected chi connectivity index (χ2v) is 12.1. The van der Waals surface area contributed by atoms with Crippen molar-refractivity contribution in [3.05, 3.63) is 47.2 Å². The number of carbonyl (C=O) groups excluding carboxylic acids is 2. The molecule has 0 aromatic carbocycles. The molecule has 4 aromatic heterocycles. The first-order valence-electron chi connectivity index (χ1n) is 13.3. The van der Waals surface area contributed by atoms with Crippen LogP contribution in [0.4, 0.5) is 10.5 Å². The molecule has 5 rings (SSSR count). The van der Waals surface area contributed by atoms with Gasteiger partial charge in [0, 0.05) is 31.0 Å². The summed E-state index contributed by atoms with van der Waals surface area (Å²) in [5, 5.41) is 29.2. The van der Waals surface area contributed by atoms with Crippen LogP contribution in [-0.2, 0) is 4.74 Å². The van der Waals surface area contributed by atoms with Gasteiger partial charge in [-0.05, 0) is 65.3 Å². The third kappa shape index (κ3) is 6.28. The summed E-state index contributed by atoms with van der Waals surface area (Å²) in [7, 11) is 0. The van der Waals surface area contributed by atoms with Gasteiger partial charge in [-0.1, -0.05) is 11.3 Å². The summed E-state index contributed by atoms with van der Waals surface area (Å²) in [6.45, 7) is 10.4. The maximum absolute atomic E-state index is 13.2. The van der Waals surface area contributed by atoms with Gasteiger partial charge < -0.3 is 20.3 Å². The lowest BCUT2D eigenvalue weighted by molar-refractivity contribution is 0.0502. The lowest BCUT2D eigenvalue weighted by Crippen LogP contribution is -2.41. The topological polar surface area (TPSA) is 150 Å². The number of aromatic nitrogens is 5. The van der Waals surface area contributed by atoms with Gasteiger partial charge >= 0.3 is 6.09 Å². The molecule has 1 saturated heterocycles. The van der Waals surface area contributed by atoms with Gasteiger partial charge in [0.1, 0.15) is 11.7 Å². The van der Waals surface area contributed by atoms with Crippen LogP contribution in [-0.4, -0.2) is 72.5 Å². The molecule has 0 saturated carbocycles. The van der Waals surface area contributed by atoms with Crippen LogP contribution in [0, 0.1) is 11.3 Å². The highest BCUT2D eigenvalue weighted by Crippen LogP contribution is 2.34. The standard InChI is InChI=1S/C28H31N9O3S/c1-16(2)32-21-11-22(23-7-6-19-10-17(12-29)13-31-37(19)23)30-14-20(21)24-34-35-25(41-24)26(38)36-9-8-18(15-36)33-27(39)40-28(3,4)5/h6-7,10-11,13-14,16,18H,8-9,15H2,1-5H3,(H,30,32)(H,33,39)/t18-/m1/s1. The zero-order valence-corrected chi connectivity index (χ0v) is 24.3. The Morgan fingerprint density at radius 3 is 2.73 bits per heavy atom. The molecule has 0 spiro atoms. The van der Waals surface area contributed by atoms with Crippen molar-refractivity contribution in [2.45, 2.75) is 58.7 Å². The van der Waals surface area contributed by atoms with Crippen LogP contribution in [0.3, 0.4) is 0 Å². The molecule has 4 aromatic rings. The van der Waals surface area contributed by atoms with Crippen molar-refractivity contribution >= 4 is 34.5 Å². The van der Waals surface area contributed by atoms with Gasteiger partial charge in [0.05, 0.1) is 40.3 Å². The Morgan fingerprint density at radius 1 is 1.20 bits per heavy atom. The van der Waals surface area contributed by atoms with Gasteiger partial charge in [0.2, 0.25) is 5.01 Å². The number of hydrogen-bond donors (Lipinski definition) is 2. The highest BCUT2D eigenvalue weighted by molar-refractivity contribution is 7.16. The smallest absolute Gasteiger partial charge is 0.407 e. The Balaban J connectivity index is 1.35. The molecule has 1 atom stereocenters. The molecule has 12 nitrogen and oxygen atoms in total. The lowest BCUT2D eigenvalue weighted by Gasteiger charge is -2.21. The van der Waals surface area contributed by atoms with Crippen molar-refractivity contribution in [3.63, 3.8) is 0 Å². The number of carbonyl (C=O) groups is 2. The van der Waals surface area contributed by atoms with Crippen LogP contribution in [0.1, 0.15) is 56.4 Å². The molecule has 0 radical (unpaired) electrons. The van der Waals surface area contributed by atoms with Crippen LogP contribution >= 0.6 is 11.3 Å². The predicted octanol–water partition coefficient (Wildman–Crippen LogP) is 4.35. The predicted molar refractivity (Wildman–Crippen MR) is 154 cm³/mol. The van der Waals surface area contributed by atoms with Gasteiger partial charge in [0.25, 0.3) is 5.91 Å². The summed E-state index contributed by atoms with van der Waals surface area (Å²) >= 11 is 1.20. The summed E-state index contributed by atoms with van der Waals surface area (Å²) < 4.78 is 7.07. The fourth-order valence-electron chi connectivity index (χ4n) is 4.54. The van der Waals surface area contributed by atoms with Crippen molar-refractivity contribution in [3.8, 4) is 28.0 Å². The molecule has 212 valence electrons. The average molecular weight is 574 g/mol. The Labute approximate surface area is 241 Å². The number of nitrogens with one attached hydrogen (secondary N) is 2. The molecule has 1 aliphatic rings. The minimum absolute atomic E-state index is 0.123. The Hall–Kier alpha value is -4.57. The van der Waals surface area contributed by atoms with E-state index < -0.39 is 11.7 Å². The molecule has 0 bridgehead atoms. The average Bonchev–Trinajstić information content (AvgIpc) is 3.66. The quantitative estimate of drug-likeness (QED) is 0.343. The van der Waals surface area contributed by atoms with Gasteiger partial charge in [-0.15, -0.1) is 10.2 Å². The number of alkyl carbamates (subject to hydrolysis) is 1. The number of fused-ring (bicyclic) bond motifs is 1. The molecular weight excluding hydrogens is 542 g/mol. The summed E-state index contributed by atoms with van der Waals surface area (Å²) in [6.07, 6.45) is 3.38. The van der Waals surface area contributed by atoms with Gasteiger partial charge in [-0.2, -0.15) is 10.4 Å². The Kier molecular flexibility index (Phi) is 7.59. The first-order chi connectivity index (χ1) is 19.5. The Bertz CT molecular complexity index is 1650. The number of pyridine rings is 1. The number of likely N-dealkylation sites (tertiary alicyclic amines) is 1. The van der Waals surface area contributed by atoms with E-state index in [0.717, 1.165) is 22.5 Å². The maximum atomic E-state index is 13.2. The van der Waals surface area contributed by atoms with Crippen LogP contribution in [0.5, 0.6) is 0 Å². The molecular formula is C28H31N9O3S. The third-order valence-electron chi connectivity index (χ3n) is 6.27. The number of hydrogen-bond acceptors (Lipinski definition) is 10. The van der Waals surface area contributed by atoms with Crippen LogP contribution in [0.25, 0.3) is 27.5 Å². The molecule has 1 fully saturated rings. The number of rotatable bonds is 6. The highest BCUT2D eigenvalue weighted by Gasteiger charge is 2.31. The van der Waals surface area contributed by atoms with Crippen molar-refractivity contribution in [2.75, 3.05) is 18.4 Å². The molecule has 2 amide bonds. The summed E-state index contributed by atoms with van der Waals surface area (Å²) in [6, 6.07) is 9.54. The van der Waals surface area contributed by atoms with E-state index in [4.69, 9.17) is 4.74 Å². The highest BCUT2D eigenvalue weighted by atomic mass is 32.1. The van der Waals surface area contributed by atoms with E-state index in [1.807, 2.05) is 32.0 Å². The lowest BCUT2D eigenvalue weighted by atomic mass is 10.1. The second kappa shape index (κ2) is 11.1. The summed E-state index contributed by atoms with van der Waals surface area (Å²) in [5.74, 6) is -0.229. The van der Waals surface area contributed by atoms with Gasteiger partial charge in [0.15, 0.2) is 5.01 Å². The minimum Gasteiger partial charge on any atom is -0.444 e.